The zero-order chi connectivity index (χ0) is 41.9. The van der Waals surface area contributed by atoms with Gasteiger partial charge in [-0.3, -0.25) is 14.7 Å². The molecule has 4 fully saturated rings. The molecular formula is C43H66N4O11. The number of esters is 1. The Labute approximate surface area is 343 Å². The van der Waals surface area contributed by atoms with E-state index in [9.17, 15) is 14.7 Å². The lowest BCUT2D eigenvalue weighted by atomic mass is 9.72. The van der Waals surface area contributed by atoms with E-state index in [0.29, 0.717) is 44.7 Å². The predicted octanol–water partition coefficient (Wildman–Crippen LogP) is 4.82. The van der Waals surface area contributed by atoms with Gasteiger partial charge in [-0.05, 0) is 72.5 Å². The number of carbonyl (C=O) groups is 2. The highest BCUT2D eigenvalue weighted by Gasteiger charge is 2.60. The molecule has 0 unspecified atom stereocenters. The van der Waals surface area contributed by atoms with Crippen molar-refractivity contribution in [1.29, 1.82) is 0 Å². The summed E-state index contributed by atoms with van der Waals surface area (Å²) in [6, 6.07) is 9.13. The number of carbonyl (C=O) groups excluding carboxylic acids is 2. The zero-order valence-electron chi connectivity index (χ0n) is 36.0. The number of benzene rings is 1. The Balaban J connectivity index is 1.40. The first-order valence-electron chi connectivity index (χ1n) is 21.0. The minimum absolute atomic E-state index is 0.0146. The van der Waals surface area contributed by atoms with Crippen molar-refractivity contribution >= 4 is 23.5 Å². The van der Waals surface area contributed by atoms with Gasteiger partial charge in [0.2, 0.25) is 6.79 Å². The summed E-state index contributed by atoms with van der Waals surface area (Å²) in [5, 5.41) is 16.2. The number of ether oxygens (including phenoxy) is 7. The lowest BCUT2D eigenvalue weighted by molar-refractivity contribution is -0.302. The summed E-state index contributed by atoms with van der Waals surface area (Å²) in [6.07, 6.45) is -3.44. The number of likely N-dealkylation sites (N-methyl/N-ethyl adjacent to an activating group) is 1. The van der Waals surface area contributed by atoms with Gasteiger partial charge in [-0.1, -0.05) is 63.2 Å². The number of aliphatic hydroxyl groups is 1. The van der Waals surface area contributed by atoms with Crippen molar-refractivity contribution in [2.24, 2.45) is 33.8 Å². The molecule has 1 amide bonds. The molecule has 1 N–H and O–H groups in total. The molecule has 0 spiro atoms. The molecule has 4 saturated heterocycles. The molecule has 1 aromatic carbocycles. The van der Waals surface area contributed by atoms with Gasteiger partial charge in [-0.15, -0.1) is 0 Å². The van der Waals surface area contributed by atoms with E-state index in [1.807, 2.05) is 83.9 Å². The second kappa shape index (κ2) is 18.6. The van der Waals surface area contributed by atoms with Crippen molar-refractivity contribution in [3.63, 3.8) is 0 Å². The normalized spacial score (nSPS) is 40.8. The van der Waals surface area contributed by atoms with Gasteiger partial charge in [0.25, 0.3) is 0 Å². The smallest absolute Gasteiger partial charge is 0.410 e. The van der Waals surface area contributed by atoms with Gasteiger partial charge in [0.1, 0.15) is 17.9 Å². The van der Waals surface area contributed by atoms with Gasteiger partial charge in [0.05, 0.1) is 62.2 Å². The number of oxime groups is 1. The number of fused-ring (bicyclic) bond motifs is 4. The maximum atomic E-state index is 14.5. The molecule has 5 heterocycles. The number of aliphatic imine (C=N–C) groups is 1. The number of hydrogen-bond donors (Lipinski definition) is 1. The van der Waals surface area contributed by atoms with Crippen LogP contribution in [-0.2, 0) is 49.4 Å². The van der Waals surface area contributed by atoms with Crippen LogP contribution in [0.3, 0.4) is 0 Å². The van der Waals surface area contributed by atoms with Crippen LogP contribution in [0.5, 0.6) is 0 Å². The summed E-state index contributed by atoms with van der Waals surface area (Å²) >= 11 is 0. The summed E-state index contributed by atoms with van der Waals surface area (Å²) in [5.41, 5.74) is 0.147. The minimum atomic E-state index is -1.13. The largest absolute Gasteiger partial charge is 0.458 e. The molecule has 5 aliphatic rings. The van der Waals surface area contributed by atoms with E-state index in [0.717, 1.165) is 11.3 Å². The molecule has 5 aliphatic heterocycles. The Hall–Kier alpha value is -3.18. The highest BCUT2D eigenvalue weighted by molar-refractivity contribution is 5.91. The van der Waals surface area contributed by atoms with Crippen LogP contribution in [0, 0.1) is 23.7 Å². The third-order valence-corrected chi connectivity index (χ3v) is 13.0. The summed E-state index contributed by atoms with van der Waals surface area (Å²) < 4.78 is 45.4. The second-order valence-corrected chi connectivity index (χ2v) is 17.6. The fraction of sp³-hybridized carbons (Fsp3) is 0.767. The van der Waals surface area contributed by atoms with Crippen LogP contribution in [0.1, 0.15) is 80.2 Å². The Morgan fingerprint density at radius 1 is 1.05 bits per heavy atom. The third-order valence-electron chi connectivity index (χ3n) is 13.0. The van der Waals surface area contributed by atoms with Gasteiger partial charge >= 0.3 is 12.1 Å². The average molecular weight is 815 g/mol. The molecule has 0 aliphatic carbocycles. The molecule has 0 aromatic heterocycles. The highest BCUT2D eigenvalue weighted by atomic mass is 16.7. The maximum absolute atomic E-state index is 14.5. The maximum Gasteiger partial charge on any atom is 0.410 e. The van der Waals surface area contributed by atoms with Crippen LogP contribution in [0.15, 0.2) is 40.5 Å². The van der Waals surface area contributed by atoms with E-state index in [-0.39, 0.29) is 44.0 Å². The first-order valence-corrected chi connectivity index (χ1v) is 21.0. The van der Waals surface area contributed by atoms with Crippen molar-refractivity contribution < 1.29 is 52.7 Å². The first kappa shape index (κ1) is 44.4. The van der Waals surface area contributed by atoms with Crippen LogP contribution in [0.2, 0.25) is 0 Å². The fourth-order valence-electron chi connectivity index (χ4n) is 10.1. The number of cyclic esters (lactones) is 1. The summed E-state index contributed by atoms with van der Waals surface area (Å²) in [6.45, 7) is 16.8. The molecule has 14 atom stereocenters. The Morgan fingerprint density at radius 3 is 2.50 bits per heavy atom. The highest BCUT2D eigenvalue weighted by Crippen LogP contribution is 2.45. The molecule has 6 rings (SSSR count). The molecule has 58 heavy (non-hydrogen) atoms. The quantitative estimate of drug-likeness (QED) is 0.157. The SMILES string of the molecule is CC[C@H]1OC(=O)[C@H](C)[C@H]2OC/C(=N\OCOCc3ccccc3)CO[C@](C)(C[C@@H](C)C3=NCCN4C(=O)O[C@@]1(C)[C@H]4[C@H]3C)[C@H](O[C@H]1O[C@@H](C)C[C@@H](N(C)C)[C@@H]1O)[C@H]2C. The van der Waals surface area contributed by atoms with Crippen LogP contribution in [0.25, 0.3) is 0 Å². The predicted molar refractivity (Wildman–Crippen MR) is 215 cm³/mol. The summed E-state index contributed by atoms with van der Waals surface area (Å²) in [7, 11) is 3.87. The molecule has 0 radical (unpaired) electrons. The number of nitrogens with zero attached hydrogens (tertiary/aromatic N) is 4. The Morgan fingerprint density at radius 2 is 1.79 bits per heavy atom. The van der Waals surface area contributed by atoms with Gasteiger partial charge in [-0.25, -0.2) is 4.79 Å². The number of amides is 1. The van der Waals surface area contributed by atoms with Crippen molar-refractivity contribution in [3.8, 4) is 0 Å². The Kier molecular flexibility index (Phi) is 14.2. The second-order valence-electron chi connectivity index (χ2n) is 17.6. The van der Waals surface area contributed by atoms with Gasteiger partial charge < -0.3 is 48.0 Å². The average Bonchev–Trinajstić information content (AvgIpc) is 3.33. The summed E-state index contributed by atoms with van der Waals surface area (Å²) in [4.78, 5) is 42.5. The number of hydrogen-bond acceptors (Lipinski definition) is 14. The van der Waals surface area contributed by atoms with E-state index < -0.39 is 71.8 Å². The topological polar surface area (TPSA) is 159 Å². The van der Waals surface area contributed by atoms with Crippen LogP contribution in [0.4, 0.5) is 4.79 Å². The molecule has 15 nitrogen and oxygen atoms in total. The molecule has 1 aromatic rings. The van der Waals surface area contributed by atoms with E-state index in [2.05, 4.69) is 19.0 Å². The molecule has 15 heteroatoms. The van der Waals surface area contributed by atoms with Crippen LogP contribution in [-0.4, -0.2) is 146 Å². The molecule has 324 valence electrons. The van der Waals surface area contributed by atoms with Crippen LogP contribution < -0.4 is 0 Å². The first-order chi connectivity index (χ1) is 27.6. The van der Waals surface area contributed by atoms with Crippen molar-refractivity contribution in [2.75, 3.05) is 47.2 Å². The van der Waals surface area contributed by atoms with Crippen molar-refractivity contribution in [3.05, 3.63) is 35.9 Å². The van der Waals surface area contributed by atoms with E-state index in [1.165, 1.54) is 0 Å². The molecule has 0 saturated carbocycles. The van der Waals surface area contributed by atoms with E-state index >= 15 is 0 Å². The third kappa shape index (κ3) is 9.25. The van der Waals surface area contributed by atoms with E-state index in [4.69, 9.17) is 43.0 Å². The van der Waals surface area contributed by atoms with Gasteiger partial charge in [-0.2, -0.15) is 0 Å². The van der Waals surface area contributed by atoms with Gasteiger partial charge in [0.15, 0.2) is 11.9 Å². The van der Waals surface area contributed by atoms with Crippen molar-refractivity contribution in [2.45, 2.75) is 141 Å². The number of rotatable bonds is 9. The zero-order valence-corrected chi connectivity index (χ0v) is 36.0. The molecular weight excluding hydrogens is 748 g/mol. The summed E-state index contributed by atoms with van der Waals surface area (Å²) in [5.74, 6) is -2.25. The van der Waals surface area contributed by atoms with Crippen LogP contribution >= 0.6 is 0 Å². The minimum Gasteiger partial charge on any atom is -0.458 e. The molecule has 4 bridgehead atoms. The monoisotopic (exact) mass is 814 g/mol. The van der Waals surface area contributed by atoms with Crippen molar-refractivity contribution in [1.82, 2.24) is 9.80 Å². The van der Waals surface area contributed by atoms with Gasteiger partial charge in [0, 0.05) is 30.1 Å². The lowest BCUT2D eigenvalue weighted by Crippen LogP contribution is -2.60. The standard InChI is InChI=1S/C43H66N4O11/c1-11-33-43(8)37-27(4)34(44-17-18-47(37)41(50)58-43)25(2)20-42(7)38(57-40-35(48)32(46(9)10)19-26(3)55-40)28(5)36(29(6)39(49)56-33)52-22-31(23-53-42)45-54-24-51-21-30-15-13-12-14-16-30/h12-16,25-29,32-33,35-38,40,48H,11,17-24H2,1-10H3/b45-31+/t25-,26+,27+,28+,29-,32-,33-,35+,36+,37-,38-,40-,42-,43-/m1/s1. The lowest BCUT2D eigenvalue weighted by Gasteiger charge is -2.48. The van der Waals surface area contributed by atoms with E-state index in [1.54, 1.807) is 11.8 Å². The fourth-order valence-corrected chi connectivity index (χ4v) is 10.1. The number of aliphatic hydroxyl groups excluding tert-OH is 1. The Bertz CT molecular complexity index is 1630.